The lowest BCUT2D eigenvalue weighted by atomic mass is 10.1. The first-order valence-electron chi connectivity index (χ1n) is 8.63. The van der Waals surface area contributed by atoms with Gasteiger partial charge >= 0.3 is 5.97 Å². The molecule has 1 N–H and O–H groups in total. The van der Waals surface area contributed by atoms with Gasteiger partial charge in [-0.15, -0.1) is 0 Å². The number of hydrogen-bond acceptors (Lipinski definition) is 3. The van der Waals surface area contributed by atoms with E-state index in [1.54, 1.807) is 29.2 Å². The Labute approximate surface area is 151 Å². The minimum atomic E-state index is -0.936. The van der Waals surface area contributed by atoms with Gasteiger partial charge in [0.15, 0.2) is 0 Å². The van der Waals surface area contributed by atoms with Crippen molar-refractivity contribution in [3.8, 4) is 0 Å². The summed E-state index contributed by atoms with van der Waals surface area (Å²) in [6.45, 7) is 3.37. The molecule has 26 heavy (non-hydrogen) atoms. The Bertz CT molecular complexity index is 792. The van der Waals surface area contributed by atoms with Gasteiger partial charge in [0.05, 0.1) is 11.1 Å². The molecule has 1 saturated heterocycles. The van der Waals surface area contributed by atoms with Gasteiger partial charge in [-0.2, -0.15) is 0 Å². The average Bonchev–Trinajstić information content (AvgIpc) is 2.88. The Morgan fingerprint density at radius 2 is 1.69 bits per heavy atom. The van der Waals surface area contributed by atoms with Crippen LogP contribution in [0.3, 0.4) is 0 Å². The summed E-state index contributed by atoms with van der Waals surface area (Å²) in [7, 11) is 0. The molecular formula is C20H21FN2O3. The number of aromatic carboxylic acids is 1. The van der Waals surface area contributed by atoms with Crippen LogP contribution in [0.15, 0.2) is 48.5 Å². The van der Waals surface area contributed by atoms with Gasteiger partial charge in [0.25, 0.3) is 5.91 Å². The molecule has 0 atom stereocenters. The number of rotatable bonds is 4. The van der Waals surface area contributed by atoms with Crippen LogP contribution in [0.1, 0.15) is 32.7 Å². The highest BCUT2D eigenvalue weighted by Gasteiger charge is 2.22. The predicted molar refractivity (Wildman–Crippen MR) is 95.6 cm³/mol. The summed E-state index contributed by atoms with van der Waals surface area (Å²) in [5.41, 5.74) is 1.42. The smallest absolute Gasteiger partial charge is 0.335 e. The molecule has 0 bridgehead atoms. The second-order valence-electron chi connectivity index (χ2n) is 6.40. The highest BCUT2D eigenvalue weighted by molar-refractivity contribution is 5.94. The van der Waals surface area contributed by atoms with E-state index in [1.165, 1.54) is 12.1 Å². The van der Waals surface area contributed by atoms with Crippen LogP contribution < -0.4 is 0 Å². The minimum absolute atomic E-state index is 0.116. The first kappa shape index (κ1) is 18.1. The maximum absolute atomic E-state index is 13.9. The van der Waals surface area contributed by atoms with Crippen molar-refractivity contribution in [1.29, 1.82) is 0 Å². The van der Waals surface area contributed by atoms with Crippen LogP contribution in [0.4, 0.5) is 4.39 Å². The summed E-state index contributed by atoms with van der Waals surface area (Å²) in [4.78, 5) is 27.4. The van der Waals surface area contributed by atoms with E-state index in [-0.39, 0.29) is 17.0 Å². The van der Waals surface area contributed by atoms with Crippen molar-refractivity contribution in [3.63, 3.8) is 0 Å². The number of halogens is 1. The zero-order chi connectivity index (χ0) is 18.5. The molecule has 2 aromatic carbocycles. The summed E-state index contributed by atoms with van der Waals surface area (Å²) in [5.74, 6) is -1.69. The van der Waals surface area contributed by atoms with Crippen molar-refractivity contribution in [2.75, 3.05) is 26.2 Å². The standard InChI is InChI=1S/C20H21FN2O3/c21-18-5-2-1-4-17(18)19(24)23-11-3-10-22(12-13-23)14-15-6-8-16(9-7-15)20(25)26/h1-2,4-9H,3,10-14H2,(H,25,26). The van der Waals surface area contributed by atoms with Crippen molar-refractivity contribution >= 4 is 11.9 Å². The molecule has 1 amide bonds. The van der Waals surface area contributed by atoms with Gasteiger partial charge in [0.1, 0.15) is 5.82 Å². The van der Waals surface area contributed by atoms with Gasteiger partial charge in [0.2, 0.25) is 0 Å². The fourth-order valence-electron chi connectivity index (χ4n) is 3.15. The molecule has 0 spiro atoms. The maximum atomic E-state index is 13.9. The van der Waals surface area contributed by atoms with Gasteiger partial charge in [-0.1, -0.05) is 24.3 Å². The Balaban J connectivity index is 1.60. The second kappa shape index (κ2) is 8.10. The Kier molecular flexibility index (Phi) is 5.63. The highest BCUT2D eigenvalue weighted by Crippen LogP contribution is 2.14. The third-order valence-electron chi connectivity index (χ3n) is 4.59. The van der Waals surface area contributed by atoms with Crippen LogP contribution in [0, 0.1) is 5.82 Å². The summed E-state index contributed by atoms with van der Waals surface area (Å²) in [5, 5.41) is 8.95. The molecule has 0 aliphatic carbocycles. The number of benzene rings is 2. The predicted octanol–water partition coefficient (Wildman–Crippen LogP) is 2.87. The molecule has 1 aliphatic heterocycles. The van der Waals surface area contributed by atoms with Crippen molar-refractivity contribution < 1.29 is 19.1 Å². The first-order chi connectivity index (χ1) is 12.5. The van der Waals surface area contributed by atoms with Crippen molar-refractivity contribution in [2.24, 2.45) is 0 Å². The number of carboxylic acids is 1. The number of amides is 1. The molecule has 6 heteroatoms. The quantitative estimate of drug-likeness (QED) is 0.915. The largest absolute Gasteiger partial charge is 0.478 e. The number of carboxylic acid groups (broad SMARTS) is 1. The molecule has 136 valence electrons. The first-order valence-corrected chi connectivity index (χ1v) is 8.63. The van der Waals surface area contributed by atoms with E-state index < -0.39 is 11.8 Å². The van der Waals surface area contributed by atoms with Crippen LogP contribution in [-0.2, 0) is 6.54 Å². The van der Waals surface area contributed by atoms with Crippen LogP contribution in [0.25, 0.3) is 0 Å². The molecular weight excluding hydrogens is 335 g/mol. The Morgan fingerprint density at radius 1 is 0.962 bits per heavy atom. The van der Waals surface area contributed by atoms with E-state index in [0.717, 1.165) is 18.5 Å². The van der Waals surface area contributed by atoms with Gasteiger partial charge in [-0.25, -0.2) is 9.18 Å². The SMILES string of the molecule is O=C(O)c1ccc(CN2CCCN(C(=O)c3ccccc3F)CC2)cc1. The fourth-order valence-corrected chi connectivity index (χ4v) is 3.15. The van der Waals surface area contributed by atoms with Crippen molar-refractivity contribution in [1.82, 2.24) is 9.80 Å². The number of carbonyl (C=O) groups excluding carboxylic acids is 1. The molecule has 2 aromatic rings. The van der Waals surface area contributed by atoms with E-state index >= 15 is 0 Å². The lowest BCUT2D eigenvalue weighted by Crippen LogP contribution is -2.35. The lowest BCUT2D eigenvalue weighted by Gasteiger charge is -2.22. The fraction of sp³-hybridized carbons (Fsp3) is 0.300. The van der Waals surface area contributed by atoms with E-state index in [2.05, 4.69) is 4.90 Å². The zero-order valence-corrected chi connectivity index (χ0v) is 14.4. The second-order valence-corrected chi connectivity index (χ2v) is 6.40. The third kappa shape index (κ3) is 4.26. The summed E-state index contributed by atoms with van der Waals surface area (Å²) in [6, 6.07) is 12.9. The highest BCUT2D eigenvalue weighted by atomic mass is 19.1. The molecule has 0 aromatic heterocycles. The average molecular weight is 356 g/mol. The molecule has 3 rings (SSSR count). The van der Waals surface area contributed by atoms with Crippen molar-refractivity contribution in [3.05, 3.63) is 71.0 Å². The van der Waals surface area contributed by atoms with Gasteiger partial charge in [-0.3, -0.25) is 9.69 Å². The van der Waals surface area contributed by atoms with Gasteiger partial charge in [0, 0.05) is 32.7 Å². The molecule has 0 radical (unpaired) electrons. The topological polar surface area (TPSA) is 60.9 Å². The maximum Gasteiger partial charge on any atom is 0.335 e. The van der Waals surface area contributed by atoms with Gasteiger partial charge < -0.3 is 10.0 Å². The zero-order valence-electron chi connectivity index (χ0n) is 14.4. The number of carbonyl (C=O) groups is 2. The van der Waals surface area contributed by atoms with Gasteiger partial charge in [-0.05, 0) is 36.2 Å². The Morgan fingerprint density at radius 3 is 2.38 bits per heavy atom. The molecule has 5 nitrogen and oxygen atoms in total. The molecule has 0 saturated carbocycles. The van der Waals surface area contributed by atoms with E-state index in [1.807, 2.05) is 12.1 Å². The third-order valence-corrected chi connectivity index (χ3v) is 4.59. The summed E-state index contributed by atoms with van der Waals surface area (Å²) >= 11 is 0. The summed E-state index contributed by atoms with van der Waals surface area (Å²) in [6.07, 6.45) is 0.813. The van der Waals surface area contributed by atoms with Crippen molar-refractivity contribution in [2.45, 2.75) is 13.0 Å². The molecule has 1 aliphatic rings. The Hall–Kier alpha value is -2.73. The monoisotopic (exact) mass is 356 g/mol. The van der Waals surface area contributed by atoms with E-state index in [9.17, 15) is 14.0 Å². The van der Waals surface area contributed by atoms with E-state index in [0.29, 0.717) is 26.2 Å². The molecule has 1 fully saturated rings. The molecule has 0 unspecified atom stereocenters. The number of nitrogens with zero attached hydrogens (tertiary/aromatic N) is 2. The van der Waals surface area contributed by atoms with Crippen LogP contribution >= 0.6 is 0 Å². The number of hydrogen-bond donors (Lipinski definition) is 1. The normalized spacial score (nSPS) is 15.5. The minimum Gasteiger partial charge on any atom is -0.478 e. The summed E-state index contributed by atoms with van der Waals surface area (Å²) < 4.78 is 13.9. The van der Waals surface area contributed by atoms with Crippen LogP contribution in [0.2, 0.25) is 0 Å². The van der Waals surface area contributed by atoms with Crippen LogP contribution in [0.5, 0.6) is 0 Å². The lowest BCUT2D eigenvalue weighted by molar-refractivity contribution is 0.0695. The molecule has 1 heterocycles. The van der Waals surface area contributed by atoms with Crippen LogP contribution in [-0.4, -0.2) is 53.0 Å². The van der Waals surface area contributed by atoms with E-state index in [4.69, 9.17) is 5.11 Å².